The van der Waals surface area contributed by atoms with E-state index in [0.29, 0.717) is 5.69 Å². The molecule has 1 aliphatic carbocycles. The molecule has 4 rings (SSSR count). The zero-order chi connectivity index (χ0) is 23.8. The van der Waals surface area contributed by atoms with Crippen molar-refractivity contribution in [1.82, 2.24) is 4.31 Å². The molecule has 2 aromatic rings. The molecule has 9 heteroatoms. The number of anilines is 1. The number of piperazine rings is 1. The van der Waals surface area contributed by atoms with Crippen LogP contribution in [0.25, 0.3) is 10.4 Å². The van der Waals surface area contributed by atoms with Crippen molar-refractivity contribution in [2.24, 2.45) is 5.92 Å². The Hall–Kier alpha value is -2.23. The van der Waals surface area contributed by atoms with Crippen LogP contribution in [-0.4, -0.2) is 54.1 Å². The Labute approximate surface area is 199 Å². The molecule has 7 nitrogen and oxygen atoms in total. The molecule has 1 saturated carbocycles. The molecular weight excluding hydrogens is 460 g/mol. The molecule has 1 unspecified atom stereocenters. The third kappa shape index (κ3) is 4.72. The molecule has 1 N–H and O–H groups in total. The summed E-state index contributed by atoms with van der Waals surface area (Å²) in [5.41, 5.74) is 1.27. The van der Waals surface area contributed by atoms with E-state index in [2.05, 4.69) is 0 Å². The van der Waals surface area contributed by atoms with Gasteiger partial charge in [0.25, 0.3) is 0 Å². The normalized spacial score (nSPS) is 21.0. The van der Waals surface area contributed by atoms with Crippen LogP contribution >= 0.6 is 11.3 Å². The predicted molar refractivity (Wildman–Crippen MR) is 130 cm³/mol. The highest BCUT2D eigenvalue weighted by Crippen LogP contribution is 2.41. The molecular formula is C24H30N2O5S2. The second-order valence-electron chi connectivity index (χ2n) is 9.11. The molecule has 33 heavy (non-hydrogen) atoms. The summed E-state index contributed by atoms with van der Waals surface area (Å²) >= 11 is 1.15. The van der Waals surface area contributed by atoms with Crippen LogP contribution in [0.4, 0.5) is 5.69 Å². The lowest BCUT2D eigenvalue weighted by Gasteiger charge is -2.45. The van der Waals surface area contributed by atoms with Gasteiger partial charge in [-0.3, -0.25) is 4.79 Å². The quantitative estimate of drug-likeness (QED) is 0.646. The van der Waals surface area contributed by atoms with Crippen molar-refractivity contribution in [3.05, 3.63) is 41.3 Å². The Morgan fingerprint density at radius 1 is 1.12 bits per heavy atom. The van der Waals surface area contributed by atoms with Crippen LogP contribution in [0, 0.1) is 5.92 Å². The summed E-state index contributed by atoms with van der Waals surface area (Å²) in [6, 6.07) is 10.9. The number of amides is 1. The van der Waals surface area contributed by atoms with E-state index in [1.807, 2.05) is 30.3 Å². The molecule has 1 aromatic heterocycles. The van der Waals surface area contributed by atoms with Crippen molar-refractivity contribution >= 4 is 38.9 Å². The molecule has 178 valence electrons. The van der Waals surface area contributed by atoms with Crippen molar-refractivity contribution in [2.45, 2.75) is 57.2 Å². The minimum atomic E-state index is -3.60. The van der Waals surface area contributed by atoms with Crippen LogP contribution in [0.15, 0.2) is 36.4 Å². The first-order valence-electron chi connectivity index (χ1n) is 11.4. The molecule has 2 heterocycles. The maximum Gasteiger partial charge on any atom is 0.348 e. The summed E-state index contributed by atoms with van der Waals surface area (Å²) in [4.78, 5) is 28.2. The monoisotopic (exact) mass is 490 g/mol. The fourth-order valence-electron chi connectivity index (χ4n) is 4.91. The molecule has 2 fully saturated rings. The smallest absolute Gasteiger partial charge is 0.348 e. The van der Waals surface area contributed by atoms with Crippen LogP contribution in [0.3, 0.4) is 0 Å². The highest BCUT2D eigenvalue weighted by molar-refractivity contribution is 7.89. The number of carboxylic acid groups (broad SMARTS) is 1. The van der Waals surface area contributed by atoms with Gasteiger partial charge >= 0.3 is 5.97 Å². The van der Waals surface area contributed by atoms with Crippen molar-refractivity contribution in [3.8, 4) is 10.4 Å². The topological polar surface area (TPSA) is 95.0 Å². The van der Waals surface area contributed by atoms with Crippen LogP contribution in [0.2, 0.25) is 0 Å². The Morgan fingerprint density at radius 3 is 2.39 bits per heavy atom. The van der Waals surface area contributed by atoms with E-state index < -0.39 is 21.2 Å². The highest BCUT2D eigenvalue weighted by atomic mass is 32.2. The van der Waals surface area contributed by atoms with Gasteiger partial charge < -0.3 is 10.0 Å². The second kappa shape index (κ2) is 9.56. The zero-order valence-electron chi connectivity index (χ0n) is 18.9. The fraction of sp³-hybridized carbons (Fsp3) is 0.500. The van der Waals surface area contributed by atoms with Crippen LogP contribution in [0.1, 0.15) is 55.6 Å². The van der Waals surface area contributed by atoms with E-state index in [1.54, 1.807) is 24.8 Å². The lowest BCUT2D eigenvalue weighted by Crippen LogP contribution is -2.61. The van der Waals surface area contributed by atoms with Gasteiger partial charge in [0.1, 0.15) is 4.88 Å². The van der Waals surface area contributed by atoms with Gasteiger partial charge in [-0.1, -0.05) is 49.6 Å². The molecule has 1 atom stereocenters. The number of rotatable bonds is 6. The number of carbonyl (C=O) groups is 2. The number of carbonyl (C=O) groups excluding carboxylic acids is 1. The molecule has 2 aliphatic rings. The minimum absolute atomic E-state index is 0.114. The average Bonchev–Trinajstić information content (AvgIpc) is 3.25. The molecule has 1 saturated heterocycles. The van der Waals surface area contributed by atoms with Crippen molar-refractivity contribution in [2.75, 3.05) is 18.0 Å². The largest absolute Gasteiger partial charge is 0.477 e. The molecule has 1 amide bonds. The third-order valence-corrected chi connectivity index (χ3v) is 10.0. The first kappa shape index (κ1) is 23.9. The number of carboxylic acids is 1. The van der Waals surface area contributed by atoms with E-state index in [1.165, 1.54) is 4.31 Å². The Kier molecular flexibility index (Phi) is 6.93. The maximum atomic E-state index is 13.5. The van der Waals surface area contributed by atoms with Gasteiger partial charge in [0.2, 0.25) is 15.9 Å². The van der Waals surface area contributed by atoms with E-state index in [4.69, 9.17) is 0 Å². The lowest BCUT2D eigenvalue weighted by atomic mass is 9.82. The van der Waals surface area contributed by atoms with E-state index in [0.717, 1.165) is 53.9 Å². The van der Waals surface area contributed by atoms with Crippen LogP contribution < -0.4 is 4.90 Å². The molecule has 0 bridgehead atoms. The van der Waals surface area contributed by atoms with E-state index in [-0.39, 0.29) is 35.8 Å². The van der Waals surface area contributed by atoms with Crippen molar-refractivity contribution in [3.63, 3.8) is 0 Å². The standard InChI is InChI=1S/C24H30N2O5S2/c1-16(2)33(30,31)25-14-20(17-9-5-3-6-10-17)26(22(27)15-25)19-13-21(32-23(19)24(28)29)18-11-7-4-8-12-18/h4,7-8,11-13,16-17,20H,3,5-6,9-10,14-15H2,1-2H3,(H,28,29). The van der Waals surface area contributed by atoms with Crippen LogP contribution in [0.5, 0.6) is 0 Å². The number of benzene rings is 1. The zero-order valence-corrected chi connectivity index (χ0v) is 20.6. The summed E-state index contributed by atoms with van der Waals surface area (Å²) in [6.07, 6.45) is 5.00. The first-order valence-corrected chi connectivity index (χ1v) is 13.8. The number of aromatic carboxylic acids is 1. The number of hydrogen-bond donors (Lipinski definition) is 1. The summed E-state index contributed by atoms with van der Waals surface area (Å²) in [7, 11) is -3.60. The number of sulfonamides is 1. The van der Waals surface area contributed by atoms with Gasteiger partial charge in [-0.15, -0.1) is 11.3 Å². The lowest BCUT2D eigenvalue weighted by molar-refractivity contribution is -0.121. The first-order chi connectivity index (χ1) is 15.7. The molecule has 0 radical (unpaired) electrons. The van der Waals surface area contributed by atoms with E-state index >= 15 is 0 Å². The Bertz CT molecular complexity index is 1120. The second-order valence-corrected chi connectivity index (χ2v) is 12.7. The molecule has 0 spiro atoms. The fourth-order valence-corrected chi connectivity index (χ4v) is 7.15. The Morgan fingerprint density at radius 2 is 1.79 bits per heavy atom. The van der Waals surface area contributed by atoms with Gasteiger partial charge in [0.05, 0.1) is 23.5 Å². The summed E-state index contributed by atoms with van der Waals surface area (Å²) in [5, 5.41) is 9.34. The van der Waals surface area contributed by atoms with Gasteiger partial charge in [-0.05, 0) is 44.2 Å². The molecule has 1 aromatic carbocycles. The Balaban J connectivity index is 1.78. The average molecular weight is 491 g/mol. The van der Waals surface area contributed by atoms with Gasteiger partial charge in [-0.25, -0.2) is 13.2 Å². The highest BCUT2D eigenvalue weighted by Gasteiger charge is 2.44. The molecule has 1 aliphatic heterocycles. The number of thiophene rings is 1. The van der Waals surface area contributed by atoms with Gasteiger partial charge in [0, 0.05) is 11.4 Å². The minimum Gasteiger partial charge on any atom is -0.477 e. The van der Waals surface area contributed by atoms with Gasteiger partial charge in [0.15, 0.2) is 0 Å². The van der Waals surface area contributed by atoms with Crippen molar-refractivity contribution in [1.29, 1.82) is 0 Å². The maximum absolute atomic E-state index is 13.5. The third-order valence-electron chi connectivity index (χ3n) is 6.68. The predicted octanol–water partition coefficient (Wildman–Crippen LogP) is 4.45. The summed E-state index contributed by atoms with van der Waals surface area (Å²) in [6.45, 7) is 3.18. The van der Waals surface area contributed by atoms with Gasteiger partial charge in [-0.2, -0.15) is 4.31 Å². The number of hydrogen-bond acceptors (Lipinski definition) is 5. The SMILES string of the molecule is CC(C)S(=O)(=O)N1CC(=O)N(c2cc(-c3ccccc3)sc2C(=O)O)C(C2CCCCC2)C1. The summed E-state index contributed by atoms with van der Waals surface area (Å²) < 4.78 is 27.2. The number of nitrogens with zero attached hydrogens (tertiary/aromatic N) is 2. The summed E-state index contributed by atoms with van der Waals surface area (Å²) in [5.74, 6) is -1.31. The van der Waals surface area contributed by atoms with Crippen LogP contribution in [-0.2, 0) is 14.8 Å². The van der Waals surface area contributed by atoms with Crippen molar-refractivity contribution < 1.29 is 23.1 Å². The van der Waals surface area contributed by atoms with E-state index in [9.17, 15) is 23.1 Å².